The summed E-state index contributed by atoms with van der Waals surface area (Å²) in [6.07, 6.45) is 5.77. The van der Waals surface area contributed by atoms with Crippen LogP contribution in [0.5, 0.6) is 11.5 Å². The van der Waals surface area contributed by atoms with Crippen LogP contribution in [0.1, 0.15) is 104 Å². The number of amides is 7. The molecule has 116 heavy (non-hydrogen) atoms. The van der Waals surface area contributed by atoms with Gasteiger partial charge < -0.3 is 35.7 Å². The van der Waals surface area contributed by atoms with Crippen LogP contribution in [0.2, 0.25) is 0 Å². The summed E-state index contributed by atoms with van der Waals surface area (Å²) in [5.74, 6) is 0.823. The van der Waals surface area contributed by atoms with Crippen LogP contribution in [0.4, 0.5) is 38.4 Å². The van der Waals surface area contributed by atoms with Crippen LogP contribution < -0.4 is 42.0 Å². The van der Waals surface area contributed by atoms with Crippen molar-refractivity contribution in [1.82, 2.24) is 20.4 Å². The van der Waals surface area contributed by atoms with Crippen molar-refractivity contribution in [3.63, 3.8) is 0 Å². The number of urea groups is 1. The van der Waals surface area contributed by atoms with Gasteiger partial charge in [-0.2, -0.15) is 0 Å². The number of nitrogens with zero attached hydrogens (tertiary/aromatic N) is 3. The number of furan rings is 1. The maximum Gasteiger partial charge on any atom is 0.326 e. The number of Topliss-reactive ketones (excluding diaryl/α,β-unsaturated/α-hetero) is 1. The number of likely N-dealkylation sites (tertiary alicyclic amines) is 1. The van der Waals surface area contributed by atoms with Crippen molar-refractivity contribution in [3.05, 3.63) is 383 Å². The van der Waals surface area contributed by atoms with Crippen LogP contribution in [0.15, 0.2) is 326 Å². The molecular formula is C96H88N10O9S. The van der Waals surface area contributed by atoms with Gasteiger partial charge in [-0.25, -0.2) is 4.79 Å². The van der Waals surface area contributed by atoms with Crippen LogP contribution >= 0.6 is 11.3 Å². The van der Waals surface area contributed by atoms with Crippen molar-refractivity contribution < 1.29 is 42.7 Å². The van der Waals surface area contributed by atoms with E-state index >= 15 is 0 Å². The van der Waals surface area contributed by atoms with Gasteiger partial charge in [0, 0.05) is 82.5 Å². The van der Waals surface area contributed by atoms with Gasteiger partial charge in [0.05, 0.1) is 6.26 Å². The number of hydrogen-bond acceptors (Lipinski definition) is 14. The standard InChI is InChI=1S/C27H21N3O3.C25H20N2O4.C22H20N4OS.C22H27NO/c31-25(21-10-5-2-6-11-21)28-23-12-7-13-24(18-23)29-27(33)30-26(32)22-16-14-20(15-17-22)19-8-3-1-4-9-19;1-17-4-12-21(13-5-17)31-22-14-10-20(11-15-22)26-24(28)18-6-8-19(9-7-18)27-25(29)23-3-2-16-30-23;1-15-6-8-17(9-7-15)21(27)24-22-26-25-20(28-22)12-13-23-19-11-10-16-4-2-3-5-18(16)14-19;1-18-7-9-19(10-8-18)11-12-22(24)21-13-15-23(16-14-21)17-20-5-3-2-4-6-20/h1-18H,(H,28,31)(H2,29,30,32,33);2-16H,1H3,(H,26,28)(H,27,29);2-11,14,23H,12-13H2,1H3,(H,24,26,27);2-10,21H,11-17H2,1H3. The summed E-state index contributed by atoms with van der Waals surface area (Å²) in [6.45, 7) is 9.93. The molecule has 0 atom stereocenters. The Kier molecular flexibility index (Phi) is 29.0. The number of benzene rings is 12. The Balaban J connectivity index is 0.000000143. The number of anilines is 6. The van der Waals surface area contributed by atoms with Gasteiger partial charge in [-0.1, -0.05) is 204 Å². The normalized spacial score (nSPS) is 11.6. The molecule has 1 fully saturated rings. The van der Waals surface area contributed by atoms with Crippen LogP contribution in [0.25, 0.3) is 21.9 Å². The number of imide groups is 1. The highest BCUT2D eigenvalue weighted by Crippen LogP contribution is 2.28. The Hall–Kier alpha value is -14.2. The second-order valence-electron chi connectivity index (χ2n) is 27.7. The summed E-state index contributed by atoms with van der Waals surface area (Å²) in [6, 6.07) is 97.6. The summed E-state index contributed by atoms with van der Waals surface area (Å²) in [4.78, 5) is 88.8. The van der Waals surface area contributed by atoms with Crippen molar-refractivity contribution in [3.8, 4) is 22.6 Å². The number of ether oxygens (including phenoxy) is 1. The van der Waals surface area contributed by atoms with E-state index in [1.807, 2.05) is 111 Å². The van der Waals surface area contributed by atoms with Crippen molar-refractivity contribution in [2.45, 2.75) is 59.4 Å². The molecule has 0 aliphatic carbocycles. The van der Waals surface area contributed by atoms with Crippen molar-refractivity contribution in [1.29, 1.82) is 0 Å². The van der Waals surface area contributed by atoms with Crippen LogP contribution in [-0.2, 0) is 24.2 Å². The monoisotopic (exact) mass is 1560 g/mol. The van der Waals surface area contributed by atoms with Crippen molar-refractivity contribution >= 4 is 97.0 Å². The fraction of sp³-hybridized carbons (Fsp3) is 0.135. The Bertz CT molecular complexity index is 5550. The number of piperidine rings is 1. The van der Waals surface area contributed by atoms with E-state index in [9.17, 15) is 33.6 Å². The van der Waals surface area contributed by atoms with Gasteiger partial charge in [0.15, 0.2) is 5.76 Å². The van der Waals surface area contributed by atoms with E-state index in [0.29, 0.717) is 68.1 Å². The molecule has 14 aromatic rings. The third kappa shape index (κ3) is 25.1. The third-order valence-electron chi connectivity index (χ3n) is 18.9. The molecule has 582 valence electrons. The van der Waals surface area contributed by atoms with E-state index in [1.165, 1.54) is 50.6 Å². The molecule has 0 unspecified atom stereocenters. The highest BCUT2D eigenvalue weighted by molar-refractivity contribution is 7.15. The molecule has 1 saturated heterocycles. The SMILES string of the molecule is Cc1ccc(C(=O)Nc2nnc(CCNc3ccc4ccccc4c3)s2)cc1.Cc1ccc(CCC(=O)C2CCN(Cc3ccccc3)CC2)cc1.Cc1ccc(Oc2ccc(NC(=O)c3ccc(NC(=O)c4ccco4)cc3)cc2)cc1.O=C(NC(=O)c1ccc(-c2ccccc2)cc1)Nc1cccc(NC(=O)c2ccccc2)c1. The second kappa shape index (κ2) is 41.4. The molecule has 2 aromatic heterocycles. The lowest BCUT2D eigenvalue weighted by atomic mass is 9.89. The minimum Gasteiger partial charge on any atom is -0.459 e. The topological polar surface area (TPSA) is 255 Å². The van der Waals surface area contributed by atoms with E-state index in [4.69, 9.17) is 9.15 Å². The van der Waals surface area contributed by atoms with Crippen molar-refractivity contribution in [2.24, 2.45) is 5.92 Å². The Morgan fingerprint density at radius 1 is 0.414 bits per heavy atom. The maximum absolute atomic E-state index is 12.5. The predicted octanol–water partition coefficient (Wildman–Crippen LogP) is 20.8. The lowest BCUT2D eigenvalue weighted by Gasteiger charge is -2.31. The zero-order valence-electron chi connectivity index (χ0n) is 64.5. The summed E-state index contributed by atoms with van der Waals surface area (Å²) in [5.41, 5.74) is 13.4. The number of hydrogen-bond donors (Lipinski definition) is 7. The maximum atomic E-state index is 12.5. The zero-order valence-corrected chi connectivity index (χ0v) is 65.3. The molecule has 1 aliphatic heterocycles. The van der Waals surface area contributed by atoms with Gasteiger partial charge in [-0.05, 0) is 226 Å². The number of ketones is 1. The number of carbonyl (C=O) groups is 7. The van der Waals surface area contributed by atoms with E-state index in [0.717, 1.165) is 85.0 Å². The largest absolute Gasteiger partial charge is 0.459 e. The van der Waals surface area contributed by atoms with Crippen LogP contribution in [-0.4, -0.2) is 76.1 Å². The minimum absolute atomic E-state index is 0.169. The highest BCUT2D eigenvalue weighted by atomic mass is 32.1. The summed E-state index contributed by atoms with van der Waals surface area (Å²) < 4.78 is 10.9. The first-order valence-electron chi connectivity index (χ1n) is 38.2. The Labute approximate surface area is 678 Å². The number of aryl methyl sites for hydroxylation is 4. The lowest BCUT2D eigenvalue weighted by molar-refractivity contribution is -0.124. The molecule has 3 heterocycles. The Morgan fingerprint density at radius 3 is 1.55 bits per heavy atom. The smallest absolute Gasteiger partial charge is 0.326 e. The summed E-state index contributed by atoms with van der Waals surface area (Å²) >= 11 is 1.40. The van der Waals surface area contributed by atoms with Crippen LogP contribution in [0.3, 0.4) is 0 Å². The van der Waals surface area contributed by atoms with Crippen LogP contribution in [0, 0.1) is 26.7 Å². The first-order chi connectivity index (χ1) is 56.5. The quantitative estimate of drug-likeness (QED) is 0.0315. The summed E-state index contributed by atoms with van der Waals surface area (Å²) in [7, 11) is 0. The lowest BCUT2D eigenvalue weighted by Crippen LogP contribution is -2.36. The molecule has 0 spiro atoms. The molecule has 0 bridgehead atoms. The average molecular weight is 1560 g/mol. The number of carbonyl (C=O) groups excluding carboxylic acids is 7. The van der Waals surface area contributed by atoms with Gasteiger partial charge in [-0.3, -0.25) is 44.3 Å². The predicted molar refractivity (Wildman–Crippen MR) is 462 cm³/mol. The van der Waals surface area contributed by atoms with E-state index in [2.05, 4.69) is 144 Å². The first-order valence-corrected chi connectivity index (χ1v) is 39.0. The molecule has 15 rings (SSSR count). The van der Waals surface area contributed by atoms with Gasteiger partial charge in [-0.15, -0.1) is 10.2 Å². The molecule has 7 N–H and O–H groups in total. The van der Waals surface area contributed by atoms with Gasteiger partial charge in [0.1, 0.15) is 22.3 Å². The van der Waals surface area contributed by atoms with Gasteiger partial charge in [0.25, 0.3) is 29.5 Å². The fourth-order valence-electron chi connectivity index (χ4n) is 12.5. The number of nitrogens with one attached hydrogen (secondary N) is 7. The Morgan fingerprint density at radius 2 is 0.914 bits per heavy atom. The molecule has 1 aliphatic rings. The molecule has 12 aromatic carbocycles. The van der Waals surface area contributed by atoms with E-state index < -0.39 is 11.9 Å². The van der Waals surface area contributed by atoms with E-state index in [1.54, 1.807) is 133 Å². The molecule has 19 nitrogen and oxygen atoms in total. The molecule has 0 radical (unpaired) electrons. The van der Waals surface area contributed by atoms with Gasteiger partial charge >= 0.3 is 6.03 Å². The molecule has 0 saturated carbocycles. The zero-order chi connectivity index (χ0) is 80.8. The second-order valence-corrected chi connectivity index (χ2v) is 28.8. The number of rotatable bonds is 23. The molecule has 20 heteroatoms. The highest BCUT2D eigenvalue weighted by Gasteiger charge is 2.25. The summed E-state index contributed by atoms with van der Waals surface area (Å²) in [5, 5.41) is 31.6. The minimum atomic E-state index is -0.668. The van der Waals surface area contributed by atoms with E-state index in [-0.39, 0.29) is 35.3 Å². The number of aromatic nitrogens is 2. The molecule has 7 amide bonds. The number of fused-ring (bicyclic) bond motifs is 1. The average Bonchev–Trinajstić information content (AvgIpc) is 0.983. The van der Waals surface area contributed by atoms with Gasteiger partial charge in [0.2, 0.25) is 5.13 Å². The fourth-order valence-corrected chi connectivity index (χ4v) is 13.2. The third-order valence-corrected chi connectivity index (χ3v) is 19.8. The van der Waals surface area contributed by atoms with Crippen molar-refractivity contribution in [2.75, 3.05) is 51.5 Å². The first kappa shape index (κ1) is 81.3. The molecular weight excluding hydrogens is 1470 g/mol.